The maximum atomic E-state index is 11.9. The molecule has 0 radical (unpaired) electrons. The van der Waals surface area contributed by atoms with Crippen molar-refractivity contribution in [1.82, 2.24) is 14.5 Å². The number of H-pyrrole nitrogens is 1. The second-order valence-corrected chi connectivity index (χ2v) is 4.64. The van der Waals surface area contributed by atoms with Crippen LogP contribution in [0.1, 0.15) is 10.4 Å². The molecule has 0 saturated heterocycles. The van der Waals surface area contributed by atoms with E-state index in [2.05, 4.69) is 4.98 Å². The predicted molar refractivity (Wildman–Crippen MR) is 72.4 cm³/mol. The van der Waals surface area contributed by atoms with E-state index in [1.54, 1.807) is 39.3 Å². The summed E-state index contributed by atoms with van der Waals surface area (Å²) < 4.78 is 1.70. The minimum absolute atomic E-state index is 0.114. The molecule has 0 saturated carbocycles. The van der Waals surface area contributed by atoms with Gasteiger partial charge in [0.05, 0.1) is 10.9 Å². The fraction of sp³-hybridized carbons (Fsp3) is 0.250. The molecule has 1 amide bonds. The van der Waals surface area contributed by atoms with Crippen molar-refractivity contribution >= 4 is 29.0 Å². The summed E-state index contributed by atoms with van der Waals surface area (Å²) in [5, 5.41) is 0.515. The molecule has 94 valence electrons. The van der Waals surface area contributed by atoms with E-state index in [9.17, 15) is 9.59 Å². The molecule has 2 rings (SSSR count). The lowest BCUT2D eigenvalue weighted by Gasteiger charge is -2.10. The minimum Gasteiger partial charge on any atom is -0.345 e. The van der Waals surface area contributed by atoms with Gasteiger partial charge >= 0.3 is 0 Å². The molecule has 0 aliphatic carbocycles. The first-order chi connectivity index (χ1) is 8.41. The summed E-state index contributed by atoms with van der Waals surface area (Å²) in [4.78, 5) is 28.2. The minimum atomic E-state index is -0.169. The lowest BCUT2D eigenvalue weighted by molar-refractivity contribution is 0.0828. The molecule has 1 heterocycles. The van der Waals surface area contributed by atoms with Crippen LogP contribution >= 0.6 is 12.2 Å². The van der Waals surface area contributed by atoms with Gasteiger partial charge in [-0.15, -0.1) is 0 Å². The van der Waals surface area contributed by atoms with Gasteiger partial charge in [-0.2, -0.15) is 0 Å². The molecule has 6 heteroatoms. The standard InChI is InChI=1S/C12H13N3O2S/c1-14(2)10(16)7-4-5-8-9(6-7)13-12(18)15(3)11(8)17/h4-6H,1-3H3,(H,13,18). The van der Waals surface area contributed by atoms with E-state index in [4.69, 9.17) is 12.2 Å². The number of hydrogen-bond acceptors (Lipinski definition) is 3. The first-order valence-electron chi connectivity index (χ1n) is 5.36. The Kier molecular flexibility index (Phi) is 3.04. The van der Waals surface area contributed by atoms with Crippen LogP contribution in [0.5, 0.6) is 0 Å². The Balaban J connectivity index is 2.75. The first kappa shape index (κ1) is 12.5. The Morgan fingerprint density at radius 2 is 2.06 bits per heavy atom. The number of fused-ring (bicyclic) bond motifs is 1. The number of carbonyl (C=O) groups excluding carboxylic acids is 1. The molecule has 0 spiro atoms. The summed E-state index contributed by atoms with van der Waals surface area (Å²) >= 11 is 5.04. The normalized spacial score (nSPS) is 10.6. The van der Waals surface area contributed by atoms with Gasteiger partial charge in [-0.1, -0.05) is 0 Å². The number of nitrogens with zero attached hydrogens (tertiary/aromatic N) is 2. The quantitative estimate of drug-likeness (QED) is 0.789. The van der Waals surface area contributed by atoms with Crippen molar-refractivity contribution in [2.75, 3.05) is 14.1 Å². The van der Waals surface area contributed by atoms with Crippen LogP contribution in [0, 0.1) is 4.77 Å². The average molecular weight is 263 g/mol. The highest BCUT2D eigenvalue weighted by Crippen LogP contribution is 2.11. The third-order valence-electron chi connectivity index (χ3n) is 2.75. The zero-order chi connectivity index (χ0) is 13.4. The lowest BCUT2D eigenvalue weighted by atomic mass is 10.1. The van der Waals surface area contributed by atoms with Gasteiger partial charge in [0.15, 0.2) is 4.77 Å². The molecule has 0 unspecified atom stereocenters. The van der Waals surface area contributed by atoms with Gasteiger partial charge in [0.25, 0.3) is 11.5 Å². The molecule has 0 aliphatic rings. The van der Waals surface area contributed by atoms with Gasteiger partial charge in [0.2, 0.25) is 0 Å². The van der Waals surface area contributed by atoms with Gasteiger partial charge in [-0.05, 0) is 30.4 Å². The van der Waals surface area contributed by atoms with E-state index in [-0.39, 0.29) is 11.5 Å². The van der Waals surface area contributed by atoms with E-state index in [1.165, 1.54) is 9.47 Å². The van der Waals surface area contributed by atoms with Gasteiger partial charge in [0.1, 0.15) is 0 Å². The van der Waals surface area contributed by atoms with Gasteiger partial charge < -0.3 is 9.88 Å². The van der Waals surface area contributed by atoms with Crippen molar-refractivity contribution in [3.8, 4) is 0 Å². The third-order valence-corrected chi connectivity index (χ3v) is 3.13. The van der Waals surface area contributed by atoms with Gasteiger partial charge in [0, 0.05) is 26.7 Å². The van der Waals surface area contributed by atoms with E-state index < -0.39 is 0 Å². The second-order valence-electron chi connectivity index (χ2n) is 4.25. The van der Waals surface area contributed by atoms with Crippen molar-refractivity contribution < 1.29 is 4.79 Å². The number of benzene rings is 1. The van der Waals surface area contributed by atoms with Crippen LogP contribution in [-0.2, 0) is 7.05 Å². The molecule has 0 atom stereocenters. The summed E-state index contributed by atoms with van der Waals surface area (Å²) in [6.07, 6.45) is 0. The zero-order valence-electron chi connectivity index (χ0n) is 10.4. The number of aromatic nitrogens is 2. The first-order valence-corrected chi connectivity index (χ1v) is 5.77. The number of nitrogens with one attached hydrogen (secondary N) is 1. The summed E-state index contributed by atoms with van der Waals surface area (Å²) in [6, 6.07) is 4.93. The van der Waals surface area contributed by atoms with E-state index in [1.807, 2.05) is 0 Å². The highest BCUT2D eigenvalue weighted by molar-refractivity contribution is 7.71. The number of hydrogen-bond donors (Lipinski definition) is 1. The van der Waals surface area contributed by atoms with Crippen LogP contribution in [0.25, 0.3) is 10.9 Å². The second kappa shape index (κ2) is 4.38. The molecule has 1 aromatic heterocycles. The Hall–Kier alpha value is -1.95. The monoisotopic (exact) mass is 263 g/mol. The Morgan fingerprint density at radius 3 is 2.67 bits per heavy atom. The maximum Gasteiger partial charge on any atom is 0.261 e. The summed E-state index contributed by atoms with van der Waals surface area (Å²) in [7, 11) is 4.97. The summed E-state index contributed by atoms with van der Waals surface area (Å²) in [5.74, 6) is -0.114. The smallest absolute Gasteiger partial charge is 0.261 e. The topological polar surface area (TPSA) is 58.1 Å². The van der Waals surface area contributed by atoms with Crippen LogP contribution in [-0.4, -0.2) is 34.5 Å². The summed E-state index contributed by atoms with van der Waals surface area (Å²) in [6.45, 7) is 0. The van der Waals surface area contributed by atoms with Crippen molar-refractivity contribution in [3.63, 3.8) is 0 Å². The fourth-order valence-electron chi connectivity index (χ4n) is 1.70. The molecular formula is C12H13N3O2S. The van der Waals surface area contributed by atoms with Crippen LogP contribution in [0.4, 0.5) is 0 Å². The van der Waals surface area contributed by atoms with Gasteiger partial charge in [-0.25, -0.2) is 0 Å². The molecule has 1 aromatic carbocycles. The van der Waals surface area contributed by atoms with Crippen LogP contribution < -0.4 is 5.56 Å². The molecular weight excluding hydrogens is 250 g/mol. The third kappa shape index (κ3) is 1.95. The Morgan fingerprint density at radius 1 is 1.39 bits per heavy atom. The molecule has 18 heavy (non-hydrogen) atoms. The molecule has 2 aromatic rings. The number of carbonyl (C=O) groups is 1. The van der Waals surface area contributed by atoms with Crippen molar-refractivity contribution in [2.24, 2.45) is 7.05 Å². The Bertz CT molecular complexity index is 743. The van der Waals surface area contributed by atoms with E-state index in [0.717, 1.165) is 0 Å². The fourth-order valence-corrected chi connectivity index (χ4v) is 1.89. The number of amides is 1. The zero-order valence-corrected chi connectivity index (χ0v) is 11.2. The van der Waals surface area contributed by atoms with Crippen LogP contribution in [0.15, 0.2) is 23.0 Å². The summed E-state index contributed by atoms with van der Waals surface area (Å²) in [5.41, 5.74) is 0.930. The van der Waals surface area contributed by atoms with E-state index >= 15 is 0 Å². The average Bonchev–Trinajstić information content (AvgIpc) is 2.34. The predicted octanol–water partition coefficient (Wildman–Crippen LogP) is 1.30. The maximum absolute atomic E-state index is 11.9. The molecule has 0 fully saturated rings. The van der Waals surface area contributed by atoms with Crippen LogP contribution in [0.3, 0.4) is 0 Å². The lowest BCUT2D eigenvalue weighted by Crippen LogP contribution is -2.22. The van der Waals surface area contributed by atoms with E-state index in [0.29, 0.717) is 21.2 Å². The number of aromatic amines is 1. The molecule has 0 aliphatic heterocycles. The van der Waals surface area contributed by atoms with Crippen molar-refractivity contribution in [1.29, 1.82) is 0 Å². The number of rotatable bonds is 1. The van der Waals surface area contributed by atoms with Gasteiger partial charge in [-0.3, -0.25) is 14.2 Å². The molecule has 0 bridgehead atoms. The highest BCUT2D eigenvalue weighted by Gasteiger charge is 2.10. The van der Waals surface area contributed by atoms with Crippen molar-refractivity contribution in [2.45, 2.75) is 0 Å². The highest BCUT2D eigenvalue weighted by atomic mass is 32.1. The SMILES string of the molecule is CN(C)C(=O)c1ccc2c(=O)n(C)c(=S)[nH]c2c1. The molecule has 1 N–H and O–H groups in total. The largest absolute Gasteiger partial charge is 0.345 e. The molecule has 5 nitrogen and oxygen atoms in total. The Labute approximate surface area is 109 Å². The van der Waals surface area contributed by atoms with Crippen LogP contribution in [0.2, 0.25) is 0 Å². The van der Waals surface area contributed by atoms with Crippen molar-refractivity contribution in [3.05, 3.63) is 38.9 Å².